The first-order valence-corrected chi connectivity index (χ1v) is 5.89. The highest BCUT2D eigenvalue weighted by Gasteiger charge is 2.02. The largest absolute Gasteiger partial charge is 0.397 e. The molecule has 0 unspecified atom stereocenters. The lowest BCUT2D eigenvalue weighted by Crippen LogP contribution is -2.33. The smallest absolute Gasteiger partial charge is 0.337 e. The average molecular weight is 256 g/mol. The Morgan fingerprint density at radius 1 is 1.05 bits per heavy atom. The van der Waals surface area contributed by atoms with Gasteiger partial charge in [-0.15, -0.1) is 0 Å². The van der Waals surface area contributed by atoms with Crippen LogP contribution in [0, 0.1) is 6.92 Å². The molecule has 2 aromatic rings. The van der Waals surface area contributed by atoms with Crippen LogP contribution in [0.2, 0.25) is 0 Å². The van der Waals surface area contributed by atoms with Crippen molar-refractivity contribution >= 4 is 23.1 Å². The summed E-state index contributed by atoms with van der Waals surface area (Å²) in [7, 11) is 0. The van der Waals surface area contributed by atoms with Crippen molar-refractivity contribution in [3.8, 4) is 0 Å². The van der Waals surface area contributed by atoms with Crippen LogP contribution in [-0.4, -0.2) is 6.03 Å². The molecule has 0 aliphatic rings. The summed E-state index contributed by atoms with van der Waals surface area (Å²) in [5, 5.41) is 2.71. The van der Waals surface area contributed by atoms with Crippen molar-refractivity contribution in [1.82, 2.24) is 5.43 Å². The summed E-state index contributed by atoms with van der Waals surface area (Å²) in [5.41, 5.74) is 14.1. The SMILES string of the molecule is Cc1ccc(NC(=O)NNc2ccccc2N)cc1. The van der Waals surface area contributed by atoms with Crippen LogP contribution in [0.4, 0.5) is 21.9 Å². The number of amides is 2. The van der Waals surface area contributed by atoms with Crippen LogP contribution in [0.3, 0.4) is 0 Å². The summed E-state index contributed by atoms with van der Waals surface area (Å²) < 4.78 is 0. The fraction of sp³-hybridized carbons (Fsp3) is 0.0714. The maximum Gasteiger partial charge on any atom is 0.337 e. The number of nitrogens with two attached hydrogens (primary N) is 1. The molecule has 0 bridgehead atoms. The maximum absolute atomic E-state index is 11.7. The molecule has 0 aromatic heterocycles. The van der Waals surface area contributed by atoms with Crippen LogP contribution in [-0.2, 0) is 0 Å². The van der Waals surface area contributed by atoms with E-state index in [-0.39, 0.29) is 6.03 Å². The first-order chi connectivity index (χ1) is 9.15. The van der Waals surface area contributed by atoms with Crippen molar-refractivity contribution in [2.24, 2.45) is 0 Å². The van der Waals surface area contributed by atoms with E-state index in [0.29, 0.717) is 11.4 Å². The summed E-state index contributed by atoms with van der Waals surface area (Å²) in [6.07, 6.45) is 0. The first kappa shape index (κ1) is 12.8. The summed E-state index contributed by atoms with van der Waals surface area (Å²) in [5.74, 6) is 0. The summed E-state index contributed by atoms with van der Waals surface area (Å²) in [6.45, 7) is 1.99. The Morgan fingerprint density at radius 3 is 2.42 bits per heavy atom. The lowest BCUT2D eigenvalue weighted by molar-refractivity contribution is 0.254. The molecule has 0 atom stereocenters. The molecule has 0 aliphatic carbocycles. The lowest BCUT2D eigenvalue weighted by Gasteiger charge is -2.11. The van der Waals surface area contributed by atoms with E-state index < -0.39 is 0 Å². The molecule has 5 nitrogen and oxygen atoms in total. The van der Waals surface area contributed by atoms with Gasteiger partial charge in [-0.2, -0.15) is 0 Å². The standard InChI is InChI=1S/C14H16N4O/c1-10-6-8-11(9-7-10)16-14(19)18-17-13-5-3-2-4-12(13)15/h2-9,17H,15H2,1H3,(H2,16,18,19). The predicted molar refractivity (Wildman–Crippen MR) is 77.8 cm³/mol. The number of hydrogen-bond acceptors (Lipinski definition) is 3. The number of carbonyl (C=O) groups is 1. The Labute approximate surface area is 111 Å². The minimum atomic E-state index is -0.355. The van der Waals surface area contributed by atoms with Crippen molar-refractivity contribution in [2.75, 3.05) is 16.5 Å². The van der Waals surface area contributed by atoms with Gasteiger partial charge in [-0.1, -0.05) is 29.8 Å². The van der Waals surface area contributed by atoms with Crippen LogP contribution in [0.1, 0.15) is 5.56 Å². The van der Waals surface area contributed by atoms with Gasteiger partial charge in [0, 0.05) is 5.69 Å². The van der Waals surface area contributed by atoms with Crippen molar-refractivity contribution in [3.05, 3.63) is 54.1 Å². The number of para-hydroxylation sites is 2. The number of urea groups is 1. The van der Waals surface area contributed by atoms with Crippen LogP contribution in [0.15, 0.2) is 48.5 Å². The monoisotopic (exact) mass is 256 g/mol. The molecule has 19 heavy (non-hydrogen) atoms. The molecule has 2 amide bonds. The zero-order chi connectivity index (χ0) is 13.7. The second-order valence-electron chi connectivity index (χ2n) is 4.16. The van der Waals surface area contributed by atoms with Crippen LogP contribution in [0.25, 0.3) is 0 Å². The van der Waals surface area contributed by atoms with Gasteiger partial charge in [0.05, 0.1) is 11.4 Å². The van der Waals surface area contributed by atoms with Crippen molar-refractivity contribution in [3.63, 3.8) is 0 Å². The van der Waals surface area contributed by atoms with Gasteiger partial charge < -0.3 is 11.1 Å². The molecule has 0 radical (unpaired) electrons. The number of aryl methyl sites for hydroxylation is 1. The van der Waals surface area contributed by atoms with Gasteiger partial charge in [-0.25, -0.2) is 4.79 Å². The Hall–Kier alpha value is -2.69. The van der Waals surface area contributed by atoms with Gasteiger partial charge in [0.15, 0.2) is 0 Å². The quantitative estimate of drug-likeness (QED) is 0.503. The minimum absolute atomic E-state index is 0.355. The Kier molecular flexibility index (Phi) is 3.87. The number of rotatable bonds is 3. The Morgan fingerprint density at radius 2 is 1.74 bits per heavy atom. The second-order valence-corrected chi connectivity index (χ2v) is 4.16. The van der Waals surface area contributed by atoms with E-state index in [2.05, 4.69) is 16.2 Å². The first-order valence-electron chi connectivity index (χ1n) is 5.89. The van der Waals surface area contributed by atoms with E-state index in [1.807, 2.05) is 43.3 Å². The lowest BCUT2D eigenvalue weighted by atomic mass is 10.2. The van der Waals surface area contributed by atoms with Gasteiger partial charge in [0.25, 0.3) is 0 Å². The maximum atomic E-state index is 11.7. The summed E-state index contributed by atoms with van der Waals surface area (Å²) in [4.78, 5) is 11.7. The third kappa shape index (κ3) is 3.64. The third-order valence-corrected chi connectivity index (χ3v) is 2.58. The van der Waals surface area contributed by atoms with E-state index in [0.717, 1.165) is 11.3 Å². The number of carbonyl (C=O) groups excluding carboxylic acids is 1. The number of hydrazine groups is 1. The third-order valence-electron chi connectivity index (χ3n) is 2.58. The molecular formula is C14H16N4O. The van der Waals surface area contributed by atoms with Crippen molar-refractivity contribution in [2.45, 2.75) is 6.92 Å². The number of nitrogens with one attached hydrogen (secondary N) is 3. The van der Waals surface area contributed by atoms with Gasteiger partial charge >= 0.3 is 6.03 Å². The van der Waals surface area contributed by atoms with Crippen LogP contribution in [0.5, 0.6) is 0 Å². The van der Waals surface area contributed by atoms with Crippen LogP contribution < -0.4 is 21.9 Å². The number of anilines is 3. The molecule has 0 fully saturated rings. The van der Waals surface area contributed by atoms with Crippen LogP contribution >= 0.6 is 0 Å². The zero-order valence-electron chi connectivity index (χ0n) is 10.6. The highest BCUT2D eigenvalue weighted by Crippen LogP contribution is 2.15. The summed E-state index contributed by atoms with van der Waals surface area (Å²) in [6, 6.07) is 14.4. The number of benzene rings is 2. The second kappa shape index (κ2) is 5.77. The molecule has 5 N–H and O–H groups in total. The molecule has 0 saturated carbocycles. The highest BCUT2D eigenvalue weighted by atomic mass is 16.2. The van der Waals surface area contributed by atoms with Gasteiger partial charge in [-0.05, 0) is 31.2 Å². The van der Waals surface area contributed by atoms with E-state index >= 15 is 0 Å². The van der Waals surface area contributed by atoms with Crippen molar-refractivity contribution in [1.29, 1.82) is 0 Å². The number of hydrogen-bond donors (Lipinski definition) is 4. The van der Waals surface area contributed by atoms with Gasteiger partial charge in [0.1, 0.15) is 0 Å². The normalized spacial score (nSPS) is 9.74. The molecule has 0 aliphatic heterocycles. The van der Waals surface area contributed by atoms with E-state index in [4.69, 9.17) is 5.73 Å². The Bertz CT molecular complexity index is 566. The van der Waals surface area contributed by atoms with E-state index in [1.54, 1.807) is 12.1 Å². The van der Waals surface area contributed by atoms with Gasteiger partial charge in [0.2, 0.25) is 0 Å². The van der Waals surface area contributed by atoms with E-state index in [9.17, 15) is 4.79 Å². The zero-order valence-corrected chi connectivity index (χ0v) is 10.6. The van der Waals surface area contributed by atoms with Crippen molar-refractivity contribution < 1.29 is 4.79 Å². The highest BCUT2D eigenvalue weighted by molar-refractivity contribution is 5.90. The topological polar surface area (TPSA) is 79.2 Å². The minimum Gasteiger partial charge on any atom is -0.397 e. The fourth-order valence-corrected chi connectivity index (χ4v) is 1.53. The molecule has 0 spiro atoms. The molecule has 2 aromatic carbocycles. The molecule has 0 saturated heterocycles. The van der Waals surface area contributed by atoms with Gasteiger partial charge in [-0.3, -0.25) is 10.9 Å². The fourth-order valence-electron chi connectivity index (χ4n) is 1.53. The molecule has 98 valence electrons. The number of nitrogen functional groups attached to an aromatic ring is 1. The predicted octanol–water partition coefficient (Wildman–Crippen LogP) is 2.73. The summed E-state index contributed by atoms with van der Waals surface area (Å²) >= 11 is 0. The molecule has 2 rings (SSSR count). The molecule has 5 heteroatoms. The molecule has 0 heterocycles. The average Bonchev–Trinajstić information content (AvgIpc) is 2.40. The molecular weight excluding hydrogens is 240 g/mol. The Balaban J connectivity index is 1.88. The van der Waals surface area contributed by atoms with E-state index in [1.165, 1.54) is 0 Å².